The van der Waals surface area contributed by atoms with Gasteiger partial charge in [0, 0.05) is 19.0 Å². The van der Waals surface area contributed by atoms with Crippen LogP contribution in [0.1, 0.15) is 37.3 Å². The van der Waals surface area contributed by atoms with Gasteiger partial charge in [-0.05, 0) is 24.5 Å². The molecule has 112 valence electrons. The first kappa shape index (κ1) is 16.5. The van der Waals surface area contributed by atoms with Gasteiger partial charge in [-0.1, -0.05) is 25.1 Å². The maximum atomic E-state index is 12.9. The van der Waals surface area contributed by atoms with Gasteiger partial charge in [-0.2, -0.15) is 13.2 Å². The second-order valence-corrected chi connectivity index (χ2v) is 4.89. The SMILES string of the molecule is CC(CC(=O)N[C@@H](C)CN)c1ccccc1C(F)(F)F. The third kappa shape index (κ3) is 4.52. The molecule has 2 atom stereocenters. The Morgan fingerprint density at radius 1 is 1.30 bits per heavy atom. The van der Waals surface area contributed by atoms with Crippen LogP contribution in [0.3, 0.4) is 0 Å². The molecule has 1 unspecified atom stereocenters. The van der Waals surface area contributed by atoms with Crippen molar-refractivity contribution in [1.29, 1.82) is 0 Å². The van der Waals surface area contributed by atoms with Gasteiger partial charge in [-0.25, -0.2) is 0 Å². The fraction of sp³-hybridized carbons (Fsp3) is 0.500. The molecule has 0 radical (unpaired) electrons. The zero-order chi connectivity index (χ0) is 15.3. The monoisotopic (exact) mass is 288 g/mol. The van der Waals surface area contributed by atoms with Crippen LogP contribution >= 0.6 is 0 Å². The van der Waals surface area contributed by atoms with Crippen molar-refractivity contribution in [3.63, 3.8) is 0 Å². The number of hydrogen-bond donors (Lipinski definition) is 2. The molecule has 3 N–H and O–H groups in total. The molecular weight excluding hydrogens is 269 g/mol. The third-order valence-corrected chi connectivity index (χ3v) is 3.05. The third-order valence-electron chi connectivity index (χ3n) is 3.05. The Hall–Kier alpha value is -1.56. The normalized spacial score (nSPS) is 14.7. The Kier molecular flexibility index (Phi) is 5.56. The summed E-state index contributed by atoms with van der Waals surface area (Å²) in [6.45, 7) is 3.64. The standard InChI is InChI=1S/C14H19F3N2O/c1-9(7-13(20)19-10(2)8-18)11-5-3-4-6-12(11)14(15,16)17/h3-6,9-10H,7-8,18H2,1-2H3,(H,19,20)/t9?,10-/m0/s1. The van der Waals surface area contributed by atoms with E-state index in [9.17, 15) is 18.0 Å². The van der Waals surface area contributed by atoms with Gasteiger partial charge < -0.3 is 11.1 Å². The highest BCUT2D eigenvalue weighted by atomic mass is 19.4. The fourth-order valence-corrected chi connectivity index (χ4v) is 1.97. The van der Waals surface area contributed by atoms with Crippen molar-refractivity contribution in [2.45, 2.75) is 38.4 Å². The maximum Gasteiger partial charge on any atom is 0.416 e. The van der Waals surface area contributed by atoms with Crippen molar-refractivity contribution in [3.8, 4) is 0 Å². The molecule has 0 saturated heterocycles. The lowest BCUT2D eigenvalue weighted by Crippen LogP contribution is -2.38. The molecule has 0 bridgehead atoms. The maximum absolute atomic E-state index is 12.9. The highest BCUT2D eigenvalue weighted by Crippen LogP contribution is 2.35. The molecule has 1 aromatic rings. The van der Waals surface area contributed by atoms with Crippen LogP contribution in [0.4, 0.5) is 13.2 Å². The van der Waals surface area contributed by atoms with Gasteiger partial charge in [0.05, 0.1) is 5.56 Å². The number of halogens is 3. The Balaban J connectivity index is 2.83. The van der Waals surface area contributed by atoms with Gasteiger partial charge >= 0.3 is 6.18 Å². The summed E-state index contributed by atoms with van der Waals surface area (Å²) in [4.78, 5) is 11.7. The average Bonchev–Trinajstić information content (AvgIpc) is 2.37. The lowest BCUT2D eigenvalue weighted by Gasteiger charge is -2.19. The lowest BCUT2D eigenvalue weighted by molar-refractivity contribution is -0.138. The predicted octanol–water partition coefficient (Wildman–Crippen LogP) is 2.66. The molecule has 0 spiro atoms. The molecule has 0 aromatic heterocycles. The number of nitrogens with one attached hydrogen (secondary N) is 1. The minimum atomic E-state index is -4.41. The zero-order valence-corrected chi connectivity index (χ0v) is 11.5. The van der Waals surface area contributed by atoms with Crippen molar-refractivity contribution < 1.29 is 18.0 Å². The largest absolute Gasteiger partial charge is 0.416 e. The summed E-state index contributed by atoms with van der Waals surface area (Å²) in [5.41, 5.74) is 4.83. The number of nitrogens with two attached hydrogens (primary N) is 1. The number of hydrogen-bond acceptors (Lipinski definition) is 2. The van der Waals surface area contributed by atoms with Crippen LogP contribution in [0.2, 0.25) is 0 Å². The van der Waals surface area contributed by atoms with Crippen LogP contribution in [0.25, 0.3) is 0 Å². The van der Waals surface area contributed by atoms with E-state index in [0.29, 0.717) is 6.54 Å². The van der Waals surface area contributed by atoms with E-state index in [0.717, 1.165) is 6.07 Å². The summed E-state index contributed by atoms with van der Waals surface area (Å²) in [6.07, 6.45) is -4.41. The van der Waals surface area contributed by atoms with Gasteiger partial charge in [0.2, 0.25) is 5.91 Å². The highest BCUT2D eigenvalue weighted by Gasteiger charge is 2.34. The number of rotatable bonds is 5. The molecular formula is C14H19F3N2O. The Morgan fingerprint density at radius 2 is 1.90 bits per heavy atom. The van der Waals surface area contributed by atoms with Gasteiger partial charge in [0.15, 0.2) is 0 Å². The summed E-state index contributed by atoms with van der Waals surface area (Å²) in [6, 6.07) is 5.14. The number of benzene rings is 1. The first-order chi connectivity index (χ1) is 9.25. The van der Waals surface area contributed by atoms with Crippen molar-refractivity contribution in [2.24, 2.45) is 5.73 Å². The van der Waals surface area contributed by atoms with Gasteiger partial charge in [-0.15, -0.1) is 0 Å². The smallest absolute Gasteiger partial charge is 0.352 e. The Morgan fingerprint density at radius 3 is 2.45 bits per heavy atom. The summed E-state index contributed by atoms with van der Waals surface area (Å²) in [5, 5.41) is 2.64. The fourth-order valence-electron chi connectivity index (χ4n) is 1.97. The molecule has 1 rings (SSSR count). The first-order valence-corrected chi connectivity index (χ1v) is 6.41. The van der Waals surface area contributed by atoms with E-state index in [2.05, 4.69) is 5.32 Å². The minimum Gasteiger partial charge on any atom is -0.352 e. The molecule has 1 aromatic carbocycles. The van der Waals surface area contributed by atoms with E-state index in [1.165, 1.54) is 12.1 Å². The summed E-state index contributed by atoms with van der Waals surface area (Å²) in [5.74, 6) is -0.815. The Bertz CT molecular complexity index is 460. The van der Waals surface area contributed by atoms with Crippen LogP contribution in [-0.2, 0) is 11.0 Å². The van der Waals surface area contributed by atoms with Crippen LogP contribution in [0.5, 0.6) is 0 Å². The number of carbonyl (C=O) groups excluding carboxylic acids is 1. The van der Waals surface area contributed by atoms with Crippen molar-refractivity contribution >= 4 is 5.91 Å². The molecule has 0 fully saturated rings. The van der Waals surface area contributed by atoms with E-state index < -0.39 is 17.7 Å². The topological polar surface area (TPSA) is 55.1 Å². The van der Waals surface area contributed by atoms with Crippen molar-refractivity contribution in [3.05, 3.63) is 35.4 Å². The molecule has 1 amide bonds. The first-order valence-electron chi connectivity index (χ1n) is 6.41. The summed E-state index contributed by atoms with van der Waals surface area (Å²) < 4.78 is 38.7. The van der Waals surface area contributed by atoms with E-state index in [1.54, 1.807) is 19.9 Å². The predicted molar refractivity (Wildman–Crippen MR) is 71.1 cm³/mol. The van der Waals surface area contributed by atoms with E-state index in [-0.39, 0.29) is 23.9 Å². The second kappa shape index (κ2) is 6.74. The van der Waals surface area contributed by atoms with Crippen LogP contribution in [0.15, 0.2) is 24.3 Å². The van der Waals surface area contributed by atoms with E-state index in [1.807, 2.05) is 0 Å². The van der Waals surface area contributed by atoms with Gasteiger partial charge in [0.1, 0.15) is 0 Å². The van der Waals surface area contributed by atoms with E-state index >= 15 is 0 Å². The Labute approximate surface area is 116 Å². The number of carbonyl (C=O) groups is 1. The van der Waals surface area contributed by atoms with Crippen molar-refractivity contribution in [2.75, 3.05) is 6.54 Å². The second-order valence-electron chi connectivity index (χ2n) is 4.89. The lowest BCUT2D eigenvalue weighted by atomic mass is 9.92. The van der Waals surface area contributed by atoms with Gasteiger partial charge in [0.25, 0.3) is 0 Å². The highest BCUT2D eigenvalue weighted by molar-refractivity contribution is 5.77. The minimum absolute atomic E-state index is 0.00255. The van der Waals surface area contributed by atoms with Crippen molar-refractivity contribution in [1.82, 2.24) is 5.32 Å². The van der Waals surface area contributed by atoms with Crippen LogP contribution in [0, 0.1) is 0 Å². The summed E-state index contributed by atoms with van der Waals surface area (Å²) in [7, 11) is 0. The molecule has 6 heteroatoms. The summed E-state index contributed by atoms with van der Waals surface area (Å²) >= 11 is 0. The molecule has 0 aliphatic rings. The molecule has 0 saturated carbocycles. The number of amides is 1. The molecule has 0 aliphatic heterocycles. The number of alkyl halides is 3. The van der Waals surface area contributed by atoms with Crippen LogP contribution < -0.4 is 11.1 Å². The van der Waals surface area contributed by atoms with E-state index in [4.69, 9.17) is 5.73 Å². The molecule has 3 nitrogen and oxygen atoms in total. The zero-order valence-electron chi connectivity index (χ0n) is 11.5. The molecule has 20 heavy (non-hydrogen) atoms. The average molecular weight is 288 g/mol. The van der Waals surface area contributed by atoms with Crippen LogP contribution in [-0.4, -0.2) is 18.5 Å². The van der Waals surface area contributed by atoms with Gasteiger partial charge in [-0.3, -0.25) is 4.79 Å². The molecule has 0 aliphatic carbocycles. The molecule has 0 heterocycles. The quantitative estimate of drug-likeness (QED) is 0.875.